The Labute approximate surface area is 207 Å². The van der Waals surface area contributed by atoms with Crippen molar-refractivity contribution in [2.75, 3.05) is 25.1 Å². The summed E-state index contributed by atoms with van der Waals surface area (Å²) in [6, 6.07) is 21.4. The van der Waals surface area contributed by atoms with Gasteiger partial charge < -0.3 is 14.4 Å². The highest BCUT2D eigenvalue weighted by atomic mass is 127. The third kappa shape index (κ3) is 6.25. The fourth-order valence-corrected chi connectivity index (χ4v) is 4.01. The molecule has 3 aromatic carbocycles. The first-order valence-corrected chi connectivity index (χ1v) is 11.9. The number of hydrogen-bond acceptors (Lipinski definition) is 5. The summed E-state index contributed by atoms with van der Waals surface area (Å²) in [6.45, 7) is 2.61. The summed E-state index contributed by atoms with van der Waals surface area (Å²) >= 11 is 2.28. The number of rotatable bonds is 8. The predicted molar refractivity (Wildman–Crippen MR) is 139 cm³/mol. The van der Waals surface area contributed by atoms with Crippen LogP contribution in [-0.4, -0.2) is 32.3 Å². The number of ether oxygens (including phenoxy) is 2. The molecule has 0 atom stereocenters. The standard InChI is InChI=1S/C26H26IN3O3/c1-32-25-16-20(6-13-24(25)33-18-19-4-9-22(27)10-5-19)17-28-29-26(31)21-7-11-23(12-8-21)30-14-2-3-15-30/h4-13,16-17H,2-3,14-15,18H2,1H3,(H,29,31)/b28-17-. The van der Waals surface area contributed by atoms with Crippen LogP contribution in [0.5, 0.6) is 11.5 Å². The molecule has 0 radical (unpaired) electrons. The first kappa shape index (κ1) is 23.1. The van der Waals surface area contributed by atoms with Crippen molar-refractivity contribution >= 4 is 40.4 Å². The maximum atomic E-state index is 12.4. The Bertz CT molecular complexity index is 1110. The third-order valence-corrected chi connectivity index (χ3v) is 6.19. The molecule has 6 nitrogen and oxygen atoms in total. The van der Waals surface area contributed by atoms with E-state index in [-0.39, 0.29) is 5.91 Å². The van der Waals surface area contributed by atoms with Crippen LogP contribution in [0.1, 0.15) is 34.3 Å². The second-order valence-corrected chi connectivity index (χ2v) is 9.01. The first-order valence-electron chi connectivity index (χ1n) is 10.9. The van der Waals surface area contributed by atoms with Crippen LogP contribution >= 0.6 is 22.6 Å². The van der Waals surface area contributed by atoms with E-state index in [1.54, 1.807) is 13.3 Å². The minimum absolute atomic E-state index is 0.247. The summed E-state index contributed by atoms with van der Waals surface area (Å²) in [5.41, 5.74) is 6.19. The lowest BCUT2D eigenvalue weighted by Gasteiger charge is -2.17. The van der Waals surface area contributed by atoms with E-state index in [0.29, 0.717) is 23.7 Å². The van der Waals surface area contributed by atoms with Gasteiger partial charge in [0.05, 0.1) is 13.3 Å². The smallest absolute Gasteiger partial charge is 0.271 e. The number of amides is 1. The number of carbonyl (C=O) groups is 1. The van der Waals surface area contributed by atoms with E-state index in [0.717, 1.165) is 29.9 Å². The number of hydrogen-bond donors (Lipinski definition) is 1. The molecule has 3 aromatic rings. The molecular weight excluding hydrogens is 529 g/mol. The summed E-state index contributed by atoms with van der Waals surface area (Å²) in [6.07, 6.45) is 4.03. The summed E-state index contributed by atoms with van der Waals surface area (Å²) in [4.78, 5) is 14.7. The maximum Gasteiger partial charge on any atom is 0.271 e. The highest BCUT2D eigenvalue weighted by Crippen LogP contribution is 2.28. The number of nitrogens with one attached hydrogen (secondary N) is 1. The van der Waals surface area contributed by atoms with Crippen molar-refractivity contribution in [1.29, 1.82) is 0 Å². The maximum absolute atomic E-state index is 12.4. The predicted octanol–water partition coefficient (Wildman–Crippen LogP) is 5.24. The summed E-state index contributed by atoms with van der Waals surface area (Å²) in [5.74, 6) is 1.01. The Morgan fingerprint density at radius 1 is 1.03 bits per heavy atom. The largest absolute Gasteiger partial charge is 0.493 e. The second kappa shape index (κ2) is 11.2. The van der Waals surface area contributed by atoms with Gasteiger partial charge in [0.2, 0.25) is 0 Å². The molecule has 1 heterocycles. The Hall–Kier alpha value is -3.07. The number of halogens is 1. The molecule has 1 aliphatic rings. The third-order valence-electron chi connectivity index (χ3n) is 5.48. The Morgan fingerprint density at radius 2 is 1.76 bits per heavy atom. The monoisotopic (exact) mass is 555 g/mol. The molecule has 1 aliphatic heterocycles. The topological polar surface area (TPSA) is 63.2 Å². The Kier molecular flexibility index (Phi) is 7.83. The summed E-state index contributed by atoms with van der Waals surface area (Å²) in [7, 11) is 1.60. The van der Waals surface area contributed by atoms with E-state index in [1.807, 2.05) is 66.7 Å². The van der Waals surface area contributed by atoms with Crippen molar-refractivity contribution in [3.05, 3.63) is 87.0 Å². The molecule has 4 rings (SSSR count). The molecule has 0 aliphatic carbocycles. The van der Waals surface area contributed by atoms with Crippen LogP contribution in [0.4, 0.5) is 5.69 Å². The zero-order valence-electron chi connectivity index (χ0n) is 18.5. The summed E-state index contributed by atoms with van der Waals surface area (Å²) < 4.78 is 12.6. The Morgan fingerprint density at radius 3 is 2.45 bits per heavy atom. The zero-order chi connectivity index (χ0) is 23.0. The number of hydrazone groups is 1. The molecule has 170 valence electrons. The van der Waals surface area contributed by atoms with Gasteiger partial charge in [0, 0.05) is 27.9 Å². The van der Waals surface area contributed by atoms with E-state index in [1.165, 1.54) is 16.4 Å². The van der Waals surface area contributed by atoms with Gasteiger partial charge in [0.25, 0.3) is 5.91 Å². The SMILES string of the molecule is COc1cc(/C=N\NC(=O)c2ccc(N3CCCC3)cc2)ccc1OCc1ccc(I)cc1. The van der Waals surface area contributed by atoms with E-state index in [2.05, 4.69) is 38.0 Å². The van der Waals surface area contributed by atoms with Crippen molar-refractivity contribution < 1.29 is 14.3 Å². The van der Waals surface area contributed by atoms with Gasteiger partial charge in [-0.1, -0.05) is 12.1 Å². The molecule has 7 heteroatoms. The van der Waals surface area contributed by atoms with Crippen LogP contribution in [0.15, 0.2) is 71.8 Å². The average Bonchev–Trinajstić information content (AvgIpc) is 3.39. The van der Waals surface area contributed by atoms with E-state index in [4.69, 9.17) is 9.47 Å². The van der Waals surface area contributed by atoms with Gasteiger partial charge in [-0.3, -0.25) is 4.79 Å². The van der Waals surface area contributed by atoms with Crippen LogP contribution in [-0.2, 0) is 6.61 Å². The molecule has 0 aromatic heterocycles. The number of methoxy groups -OCH3 is 1. The highest BCUT2D eigenvalue weighted by molar-refractivity contribution is 14.1. The van der Waals surface area contributed by atoms with Gasteiger partial charge in [0.1, 0.15) is 6.61 Å². The number of carbonyl (C=O) groups excluding carboxylic acids is 1. The van der Waals surface area contributed by atoms with Crippen LogP contribution in [0.25, 0.3) is 0 Å². The molecule has 0 saturated carbocycles. The van der Waals surface area contributed by atoms with Crippen LogP contribution in [0.2, 0.25) is 0 Å². The van der Waals surface area contributed by atoms with E-state index >= 15 is 0 Å². The normalized spacial score (nSPS) is 13.3. The summed E-state index contributed by atoms with van der Waals surface area (Å²) in [5, 5.41) is 4.09. The van der Waals surface area contributed by atoms with E-state index in [9.17, 15) is 4.79 Å². The fraction of sp³-hybridized carbons (Fsp3) is 0.231. The minimum Gasteiger partial charge on any atom is -0.493 e. The quantitative estimate of drug-likeness (QED) is 0.235. The number of nitrogens with zero attached hydrogens (tertiary/aromatic N) is 2. The van der Waals surface area contributed by atoms with Crippen molar-refractivity contribution in [2.24, 2.45) is 5.10 Å². The first-order chi connectivity index (χ1) is 16.1. The number of anilines is 1. The van der Waals surface area contributed by atoms with Crippen molar-refractivity contribution in [1.82, 2.24) is 5.43 Å². The Balaban J connectivity index is 1.33. The average molecular weight is 555 g/mol. The van der Waals surface area contributed by atoms with Gasteiger partial charge in [0.15, 0.2) is 11.5 Å². The van der Waals surface area contributed by atoms with Crippen molar-refractivity contribution in [3.63, 3.8) is 0 Å². The van der Waals surface area contributed by atoms with Crippen LogP contribution < -0.4 is 19.8 Å². The molecule has 33 heavy (non-hydrogen) atoms. The van der Waals surface area contributed by atoms with Gasteiger partial charge in [-0.25, -0.2) is 5.43 Å². The minimum atomic E-state index is -0.247. The molecular formula is C26H26IN3O3. The lowest BCUT2D eigenvalue weighted by Crippen LogP contribution is -2.19. The lowest BCUT2D eigenvalue weighted by molar-refractivity contribution is 0.0955. The van der Waals surface area contributed by atoms with Gasteiger partial charge >= 0.3 is 0 Å². The molecule has 1 amide bonds. The highest BCUT2D eigenvalue weighted by Gasteiger charge is 2.13. The molecule has 0 spiro atoms. The molecule has 0 unspecified atom stereocenters. The molecule has 1 saturated heterocycles. The molecule has 1 N–H and O–H groups in total. The van der Waals surface area contributed by atoms with Gasteiger partial charge in [-0.05, 0) is 101 Å². The van der Waals surface area contributed by atoms with Crippen LogP contribution in [0, 0.1) is 3.57 Å². The lowest BCUT2D eigenvalue weighted by atomic mass is 10.2. The van der Waals surface area contributed by atoms with Crippen molar-refractivity contribution in [2.45, 2.75) is 19.4 Å². The zero-order valence-corrected chi connectivity index (χ0v) is 20.6. The van der Waals surface area contributed by atoms with Crippen LogP contribution in [0.3, 0.4) is 0 Å². The number of benzene rings is 3. The molecule has 0 bridgehead atoms. The van der Waals surface area contributed by atoms with Gasteiger partial charge in [-0.2, -0.15) is 5.10 Å². The van der Waals surface area contributed by atoms with Crippen molar-refractivity contribution in [3.8, 4) is 11.5 Å². The van der Waals surface area contributed by atoms with Gasteiger partial charge in [-0.15, -0.1) is 0 Å². The fourth-order valence-electron chi connectivity index (χ4n) is 3.65. The molecule has 1 fully saturated rings. The second-order valence-electron chi connectivity index (χ2n) is 7.77. The van der Waals surface area contributed by atoms with E-state index < -0.39 is 0 Å².